The number of nitrogens with zero attached hydrogens (tertiary/aromatic N) is 4. The second-order valence-corrected chi connectivity index (χ2v) is 13.3. The normalized spacial score (nSPS) is 14.5. The lowest BCUT2D eigenvalue weighted by Gasteiger charge is -2.35. The fraction of sp³-hybridized carbons (Fsp3) is 0.389. The Balaban J connectivity index is 1.51. The minimum atomic E-state index is -0.339. The molecule has 4 aromatic rings. The van der Waals surface area contributed by atoms with Gasteiger partial charge in [-0.25, -0.2) is 4.79 Å². The highest BCUT2D eigenvalue weighted by Crippen LogP contribution is 2.42. The number of aliphatic hydroxyl groups is 1. The van der Waals surface area contributed by atoms with Crippen LogP contribution in [-0.4, -0.2) is 65.5 Å². The molecule has 1 N–H and O–H groups in total. The number of allylic oxidation sites excluding steroid dienone is 1. The molecule has 1 saturated heterocycles. The number of piperazine rings is 1. The van der Waals surface area contributed by atoms with Crippen LogP contribution in [0.25, 0.3) is 22.2 Å². The molecular formula is C36H43BrN4O4. The minimum absolute atomic E-state index is 0.0618. The largest absolute Gasteiger partial charge is 0.445 e. The zero-order valence-electron chi connectivity index (χ0n) is 26.6. The standard InChI is InChI=1S/C36H43BrN4O4/c1-6-14-41-32-13-12-27(37)19-29(32)31(21-36(3,4)24-42)34(41)30-20-28(22-38-33(30)25(2)44-5)39-15-17-40(18-16-39)35(43)45-23-26-10-8-7-9-11-26/h6-13,19-20,22,25,42H,1,14-18,21,23-24H2,2-5H3/t25-/m0/s1. The van der Waals surface area contributed by atoms with E-state index in [1.807, 2.05) is 49.5 Å². The lowest BCUT2D eigenvalue weighted by Crippen LogP contribution is -2.49. The lowest BCUT2D eigenvalue weighted by atomic mass is 9.84. The Morgan fingerprint density at radius 2 is 1.87 bits per heavy atom. The van der Waals surface area contributed by atoms with Gasteiger partial charge in [-0.15, -0.1) is 6.58 Å². The Kier molecular flexibility index (Phi) is 10.3. The minimum Gasteiger partial charge on any atom is -0.445 e. The van der Waals surface area contributed by atoms with Gasteiger partial charge in [0.05, 0.1) is 29.4 Å². The molecule has 1 amide bonds. The predicted molar refractivity (Wildman–Crippen MR) is 183 cm³/mol. The van der Waals surface area contributed by atoms with Crippen molar-refractivity contribution in [2.45, 2.75) is 46.4 Å². The van der Waals surface area contributed by atoms with E-state index in [0.29, 0.717) is 39.1 Å². The van der Waals surface area contributed by atoms with E-state index < -0.39 is 0 Å². The van der Waals surface area contributed by atoms with Gasteiger partial charge in [0.1, 0.15) is 6.61 Å². The molecule has 0 bridgehead atoms. The smallest absolute Gasteiger partial charge is 0.410 e. The third-order valence-electron chi connectivity index (χ3n) is 8.53. The Labute approximate surface area is 274 Å². The van der Waals surface area contributed by atoms with Crippen molar-refractivity contribution in [1.82, 2.24) is 14.5 Å². The van der Waals surface area contributed by atoms with E-state index in [2.05, 4.69) is 70.1 Å². The summed E-state index contributed by atoms with van der Waals surface area (Å²) in [5.74, 6) is 0. The maximum atomic E-state index is 12.8. The molecule has 3 heterocycles. The fourth-order valence-corrected chi connectivity index (χ4v) is 6.32. The quantitative estimate of drug-likeness (QED) is 0.167. The van der Waals surface area contributed by atoms with Crippen molar-refractivity contribution in [1.29, 1.82) is 0 Å². The van der Waals surface area contributed by atoms with Crippen LogP contribution >= 0.6 is 15.9 Å². The number of hydrogen-bond acceptors (Lipinski definition) is 6. The molecule has 1 aliphatic heterocycles. The van der Waals surface area contributed by atoms with Crippen LogP contribution in [0.15, 0.2) is 77.9 Å². The molecule has 0 saturated carbocycles. The van der Waals surface area contributed by atoms with Gasteiger partial charge in [-0.2, -0.15) is 0 Å². The zero-order valence-corrected chi connectivity index (χ0v) is 28.2. The fourth-order valence-electron chi connectivity index (χ4n) is 5.96. The van der Waals surface area contributed by atoms with E-state index in [9.17, 15) is 9.90 Å². The molecule has 0 spiro atoms. The molecule has 1 aliphatic rings. The summed E-state index contributed by atoms with van der Waals surface area (Å²) in [6.45, 7) is 13.6. The number of pyridine rings is 1. The van der Waals surface area contributed by atoms with Crippen molar-refractivity contribution in [2.75, 3.05) is 44.8 Å². The number of aliphatic hydroxyl groups excluding tert-OH is 1. The Morgan fingerprint density at radius 1 is 1.13 bits per heavy atom. The monoisotopic (exact) mass is 674 g/mol. The second kappa shape index (κ2) is 14.2. The average Bonchev–Trinajstić information content (AvgIpc) is 3.34. The average molecular weight is 676 g/mol. The van der Waals surface area contributed by atoms with Crippen molar-refractivity contribution < 1.29 is 19.4 Å². The van der Waals surface area contributed by atoms with Gasteiger partial charge in [0.25, 0.3) is 0 Å². The number of halogens is 1. The summed E-state index contributed by atoms with van der Waals surface area (Å²) in [6, 6.07) is 18.3. The van der Waals surface area contributed by atoms with Crippen molar-refractivity contribution >= 4 is 38.6 Å². The first-order chi connectivity index (χ1) is 21.7. The molecule has 1 atom stereocenters. The highest BCUT2D eigenvalue weighted by atomic mass is 79.9. The second-order valence-electron chi connectivity index (χ2n) is 12.4. The number of carbonyl (C=O) groups is 1. The first kappa shape index (κ1) is 32.7. The van der Waals surface area contributed by atoms with Gasteiger partial charge in [0.2, 0.25) is 0 Å². The van der Waals surface area contributed by atoms with Crippen LogP contribution in [0.3, 0.4) is 0 Å². The number of carbonyl (C=O) groups excluding carboxylic acids is 1. The van der Waals surface area contributed by atoms with Crippen molar-refractivity contribution in [2.24, 2.45) is 5.41 Å². The van der Waals surface area contributed by atoms with Crippen LogP contribution in [0.5, 0.6) is 0 Å². The van der Waals surface area contributed by atoms with E-state index in [-0.39, 0.29) is 30.8 Å². The molecule has 8 nitrogen and oxygen atoms in total. The molecular weight excluding hydrogens is 632 g/mol. The number of rotatable bonds is 11. The number of amides is 1. The molecule has 5 rings (SSSR count). The van der Waals surface area contributed by atoms with Crippen LogP contribution in [-0.2, 0) is 29.0 Å². The van der Waals surface area contributed by atoms with Crippen LogP contribution in [0.4, 0.5) is 10.5 Å². The topological polar surface area (TPSA) is 80.1 Å². The molecule has 0 radical (unpaired) electrons. The van der Waals surface area contributed by atoms with Crippen LogP contribution in [0, 0.1) is 5.41 Å². The Hall–Kier alpha value is -3.66. The maximum Gasteiger partial charge on any atom is 0.410 e. The molecule has 2 aromatic heterocycles. The SMILES string of the molecule is C=CCn1c(-c2cc(N3CCN(C(=O)OCc4ccccc4)CC3)cnc2[C@H](C)OC)c(CC(C)(C)CO)c2cc(Br)ccc21. The van der Waals surface area contributed by atoms with Gasteiger partial charge in [-0.05, 0) is 54.2 Å². The predicted octanol–water partition coefficient (Wildman–Crippen LogP) is 7.38. The lowest BCUT2D eigenvalue weighted by molar-refractivity contribution is 0.0941. The molecule has 238 valence electrons. The molecule has 45 heavy (non-hydrogen) atoms. The van der Waals surface area contributed by atoms with E-state index in [4.69, 9.17) is 14.5 Å². The maximum absolute atomic E-state index is 12.8. The van der Waals surface area contributed by atoms with E-state index in [1.54, 1.807) is 12.0 Å². The first-order valence-electron chi connectivity index (χ1n) is 15.4. The van der Waals surface area contributed by atoms with E-state index >= 15 is 0 Å². The summed E-state index contributed by atoms with van der Waals surface area (Å²) in [4.78, 5) is 21.9. The van der Waals surface area contributed by atoms with Crippen LogP contribution < -0.4 is 4.90 Å². The van der Waals surface area contributed by atoms with Gasteiger partial charge < -0.3 is 28.9 Å². The third-order valence-corrected chi connectivity index (χ3v) is 9.02. The number of benzene rings is 2. The number of aromatic nitrogens is 2. The number of methoxy groups -OCH3 is 1. The highest BCUT2D eigenvalue weighted by Gasteiger charge is 2.29. The van der Waals surface area contributed by atoms with Gasteiger partial charge >= 0.3 is 6.09 Å². The highest BCUT2D eigenvalue weighted by molar-refractivity contribution is 9.10. The number of ether oxygens (including phenoxy) is 2. The summed E-state index contributed by atoms with van der Waals surface area (Å²) in [5, 5.41) is 11.4. The molecule has 0 unspecified atom stereocenters. The van der Waals surface area contributed by atoms with Crippen LogP contribution in [0.2, 0.25) is 0 Å². The number of hydrogen-bond donors (Lipinski definition) is 1. The molecule has 2 aromatic carbocycles. The molecule has 0 aliphatic carbocycles. The molecule has 9 heteroatoms. The molecule has 1 fully saturated rings. The first-order valence-corrected chi connectivity index (χ1v) is 16.2. The van der Waals surface area contributed by atoms with Gasteiger partial charge in [0, 0.05) is 67.4 Å². The summed E-state index contributed by atoms with van der Waals surface area (Å²) in [7, 11) is 1.70. The Bertz CT molecular complexity index is 1640. The van der Waals surface area contributed by atoms with Gasteiger partial charge in [0.15, 0.2) is 0 Å². The van der Waals surface area contributed by atoms with Crippen molar-refractivity contribution in [3.05, 3.63) is 94.7 Å². The number of fused-ring (bicyclic) bond motifs is 1. The zero-order chi connectivity index (χ0) is 32.1. The van der Waals surface area contributed by atoms with E-state index in [0.717, 1.165) is 49.1 Å². The number of anilines is 1. The van der Waals surface area contributed by atoms with Crippen molar-refractivity contribution in [3.8, 4) is 11.3 Å². The van der Waals surface area contributed by atoms with E-state index in [1.165, 1.54) is 0 Å². The summed E-state index contributed by atoms with van der Waals surface area (Å²) < 4.78 is 14.7. The third kappa shape index (κ3) is 7.27. The summed E-state index contributed by atoms with van der Waals surface area (Å²) >= 11 is 3.69. The van der Waals surface area contributed by atoms with Crippen LogP contribution in [0.1, 0.15) is 43.7 Å². The van der Waals surface area contributed by atoms with Gasteiger partial charge in [-0.3, -0.25) is 4.98 Å². The summed E-state index contributed by atoms with van der Waals surface area (Å²) in [6.07, 6.45) is 3.96. The van der Waals surface area contributed by atoms with Gasteiger partial charge in [-0.1, -0.05) is 66.2 Å². The Morgan fingerprint density at radius 3 is 2.53 bits per heavy atom. The van der Waals surface area contributed by atoms with Crippen molar-refractivity contribution in [3.63, 3.8) is 0 Å². The summed E-state index contributed by atoms with van der Waals surface area (Å²) in [5.41, 5.74) is 6.76.